The van der Waals surface area contributed by atoms with Crippen molar-refractivity contribution < 1.29 is 13.9 Å². The number of hydrogen-bond acceptors (Lipinski definition) is 2. The smallest absolute Gasteiger partial charge is 0.159 e. The number of rotatable bonds is 6. The summed E-state index contributed by atoms with van der Waals surface area (Å²) in [6, 6.07) is 10.8. The molecule has 21 heavy (non-hydrogen) atoms. The lowest BCUT2D eigenvalue weighted by Gasteiger charge is -2.19. The fraction of sp³-hybridized carbons (Fsp3) is 0.294. The first kappa shape index (κ1) is 15.4. The fourth-order valence-corrected chi connectivity index (χ4v) is 2.22. The first-order valence-corrected chi connectivity index (χ1v) is 7.06. The molecule has 0 bridgehead atoms. The Hall–Kier alpha value is -1.94. The van der Waals surface area contributed by atoms with Crippen LogP contribution in [0.3, 0.4) is 0 Å². The standard InChI is InChI=1S/C17H19F2NO/c1-2-9-20-17(10-12-3-6-14(21)7-4-12)13-5-8-15(18)16(19)11-13/h3-8,11,17,20-21H,2,9-10H2,1H3. The van der Waals surface area contributed by atoms with Gasteiger partial charge in [0, 0.05) is 6.04 Å². The molecular weight excluding hydrogens is 272 g/mol. The second kappa shape index (κ2) is 7.18. The summed E-state index contributed by atoms with van der Waals surface area (Å²) in [5.74, 6) is -1.45. The van der Waals surface area contributed by atoms with Crippen molar-refractivity contribution in [3.05, 3.63) is 65.2 Å². The van der Waals surface area contributed by atoms with Crippen LogP contribution >= 0.6 is 0 Å². The maximum absolute atomic E-state index is 13.4. The third kappa shape index (κ3) is 4.26. The number of phenolic OH excluding ortho intramolecular Hbond substituents is 1. The van der Waals surface area contributed by atoms with Crippen LogP contribution in [0, 0.1) is 11.6 Å². The maximum Gasteiger partial charge on any atom is 0.159 e. The van der Waals surface area contributed by atoms with Gasteiger partial charge in [-0.2, -0.15) is 0 Å². The van der Waals surface area contributed by atoms with Gasteiger partial charge in [-0.15, -0.1) is 0 Å². The molecule has 0 saturated heterocycles. The highest BCUT2D eigenvalue weighted by molar-refractivity contribution is 5.29. The van der Waals surface area contributed by atoms with Crippen molar-refractivity contribution in [1.29, 1.82) is 0 Å². The lowest BCUT2D eigenvalue weighted by atomic mass is 9.98. The molecule has 0 aliphatic heterocycles. The van der Waals surface area contributed by atoms with Crippen LogP contribution in [-0.4, -0.2) is 11.7 Å². The van der Waals surface area contributed by atoms with Gasteiger partial charge in [0.25, 0.3) is 0 Å². The quantitative estimate of drug-likeness (QED) is 0.844. The SMILES string of the molecule is CCCNC(Cc1ccc(O)cc1)c1ccc(F)c(F)c1. The van der Waals surface area contributed by atoms with E-state index in [1.54, 1.807) is 18.2 Å². The third-order valence-corrected chi connectivity index (χ3v) is 3.36. The molecule has 2 aromatic carbocycles. The Kier molecular flexibility index (Phi) is 5.28. The number of phenols is 1. The van der Waals surface area contributed by atoms with Gasteiger partial charge in [0.2, 0.25) is 0 Å². The van der Waals surface area contributed by atoms with E-state index in [0.717, 1.165) is 30.2 Å². The summed E-state index contributed by atoms with van der Waals surface area (Å²) in [7, 11) is 0. The number of benzene rings is 2. The average Bonchev–Trinajstić information content (AvgIpc) is 2.48. The molecule has 0 radical (unpaired) electrons. The van der Waals surface area contributed by atoms with Crippen molar-refractivity contribution >= 4 is 0 Å². The van der Waals surface area contributed by atoms with Crippen molar-refractivity contribution in [2.45, 2.75) is 25.8 Å². The summed E-state index contributed by atoms with van der Waals surface area (Å²) < 4.78 is 26.5. The van der Waals surface area contributed by atoms with Gasteiger partial charge in [0.1, 0.15) is 5.75 Å². The van der Waals surface area contributed by atoms with Gasteiger partial charge in [0.05, 0.1) is 0 Å². The summed E-state index contributed by atoms with van der Waals surface area (Å²) in [5, 5.41) is 12.7. The molecule has 0 spiro atoms. The van der Waals surface area contributed by atoms with Crippen molar-refractivity contribution in [2.75, 3.05) is 6.54 Å². The van der Waals surface area contributed by atoms with Gasteiger partial charge in [-0.05, 0) is 54.8 Å². The van der Waals surface area contributed by atoms with Crippen LogP contribution in [0.15, 0.2) is 42.5 Å². The van der Waals surface area contributed by atoms with E-state index in [1.807, 2.05) is 12.1 Å². The molecule has 2 rings (SSSR count). The maximum atomic E-state index is 13.4. The molecule has 2 aromatic rings. The Morgan fingerprint density at radius 3 is 2.38 bits per heavy atom. The van der Waals surface area contributed by atoms with E-state index in [0.29, 0.717) is 6.42 Å². The molecule has 4 heteroatoms. The predicted molar refractivity (Wildman–Crippen MR) is 79.2 cm³/mol. The second-order valence-electron chi connectivity index (χ2n) is 5.05. The van der Waals surface area contributed by atoms with E-state index in [2.05, 4.69) is 12.2 Å². The van der Waals surface area contributed by atoms with Crippen LogP contribution in [0.1, 0.15) is 30.5 Å². The minimum atomic E-state index is -0.836. The Morgan fingerprint density at radius 1 is 1.05 bits per heavy atom. The lowest BCUT2D eigenvalue weighted by molar-refractivity contribution is 0.474. The molecule has 2 N–H and O–H groups in total. The molecule has 2 nitrogen and oxygen atoms in total. The van der Waals surface area contributed by atoms with Gasteiger partial charge in [-0.1, -0.05) is 25.1 Å². The lowest BCUT2D eigenvalue weighted by Crippen LogP contribution is -2.24. The van der Waals surface area contributed by atoms with E-state index < -0.39 is 11.6 Å². The van der Waals surface area contributed by atoms with Crippen molar-refractivity contribution in [1.82, 2.24) is 5.32 Å². The summed E-state index contributed by atoms with van der Waals surface area (Å²) in [5.41, 5.74) is 1.74. The highest BCUT2D eigenvalue weighted by atomic mass is 19.2. The Morgan fingerprint density at radius 2 is 1.76 bits per heavy atom. The zero-order valence-electron chi connectivity index (χ0n) is 11.9. The molecule has 112 valence electrons. The van der Waals surface area contributed by atoms with E-state index in [9.17, 15) is 13.9 Å². The summed E-state index contributed by atoms with van der Waals surface area (Å²) in [6.45, 7) is 2.84. The Labute approximate surface area is 123 Å². The van der Waals surface area contributed by atoms with Crippen LogP contribution in [0.4, 0.5) is 8.78 Å². The minimum Gasteiger partial charge on any atom is -0.508 e. The number of nitrogens with one attached hydrogen (secondary N) is 1. The van der Waals surface area contributed by atoms with Crippen LogP contribution in [0.25, 0.3) is 0 Å². The van der Waals surface area contributed by atoms with Gasteiger partial charge >= 0.3 is 0 Å². The van der Waals surface area contributed by atoms with E-state index >= 15 is 0 Å². The minimum absolute atomic E-state index is 0.0930. The largest absolute Gasteiger partial charge is 0.508 e. The Bertz CT molecular complexity index is 584. The zero-order chi connectivity index (χ0) is 15.2. The topological polar surface area (TPSA) is 32.3 Å². The van der Waals surface area contributed by atoms with Crippen LogP contribution < -0.4 is 5.32 Å². The zero-order valence-corrected chi connectivity index (χ0v) is 11.9. The van der Waals surface area contributed by atoms with Crippen LogP contribution in [0.2, 0.25) is 0 Å². The Balaban J connectivity index is 2.20. The molecule has 0 aromatic heterocycles. The third-order valence-electron chi connectivity index (χ3n) is 3.36. The molecule has 0 aliphatic carbocycles. The predicted octanol–water partition coefficient (Wildman–Crippen LogP) is 3.95. The number of aromatic hydroxyl groups is 1. The molecule has 0 heterocycles. The highest BCUT2D eigenvalue weighted by Gasteiger charge is 2.14. The van der Waals surface area contributed by atoms with Gasteiger partial charge < -0.3 is 10.4 Å². The van der Waals surface area contributed by atoms with E-state index in [-0.39, 0.29) is 11.8 Å². The van der Waals surface area contributed by atoms with Gasteiger partial charge in [-0.25, -0.2) is 8.78 Å². The molecule has 1 atom stereocenters. The first-order chi connectivity index (χ1) is 10.1. The van der Waals surface area contributed by atoms with Crippen molar-refractivity contribution in [3.63, 3.8) is 0 Å². The summed E-state index contributed by atoms with van der Waals surface area (Å²) >= 11 is 0. The van der Waals surface area contributed by atoms with Crippen LogP contribution in [-0.2, 0) is 6.42 Å². The monoisotopic (exact) mass is 291 g/mol. The number of hydrogen-bond donors (Lipinski definition) is 2. The molecule has 0 saturated carbocycles. The van der Waals surface area contributed by atoms with E-state index in [4.69, 9.17) is 0 Å². The average molecular weight is 291 g/mol. The van der Waals surface area contributed by atoms with Crippen molar-refractivity contribution in [2.24, 2.45) is 0 Å². The number of halogens is 2. The molecule has 0 amide bonds. The van der Waals surface area contributed by atoms with Crippen molar-refractivity contribution in [3.8, 4) is 5.75 Å². The van der Waals surface area contributed by atoms with Crippen LogP contribution in [0.5, 0.6) is 5.75 Å². The molecule has 0 fully saturated rings. The normalized spacial score (nSPS) is 12.3. The van der Waals surface area contributed by atoms with Gasteiger partial charge in [-0.3, -0.25) is 0 Å². The molecular formula is C17H19F2NO. The highest BCUT2D eigenvalue weighted by Crippen LogP contribution is 2.22. The second-order valence-corrected chi connectivity index (χ2v) is 5.05. The summed E-state index contributed by atoms with van der Waals surface area (Å²) in [6.07, 6.45) is 1.60. The molecule has 0 aliphatic rings. The fourth-order valence-electron chi connectivity index (χ4n) is 2.22. The molecule has 1 unspecified atom stereocenters. The van der Waals surface area contributed by atoms with E-state index in [1.165, 1.54) is 6.07 Å². The van der Waals surface area contributed by atoms with Gasteiger partial charge in [0.15, 0.2) is 11.6 Å². The first-order valence-electron chi connectivity index (χ1n) is 7.06. The summed E-state index contributed by atoms with van der Waals surface area (Å²) in [4.78, 5) is 0.